The topological polar surface area (TPSA) is 106 Å². The molecule has 0 bridgehead atoms. The zero-order valence-electron chi connectivity index (χ0n) is 8.04. The van der Waals surface area contributed by atoms with Gasteiger partial charge in [-0.1, -0.05) is 0 Å². The third-order valence-electron chi connectivity index (χ3n) is 2.02. The van der Waals surface area contributed by atoms with E-state index in [0.717, 1.165) is 12.1 Å². The third-order valence-corrected chi connectivity index (χ3v) is 3.41. The van der Waals surface area contributed by atoms with E-state index >= 15 is 0 Å². The maximum absolute atomic E-state index is 11.6. The van der Waals surface area contributed by atoms with Gasteiger partial charge in [-0.2, -0.15) is 0 Å². The number of sulfonamides is 1. The van der Waals surface area contributed by atoms with Crippen molar-refractivity contribution in [2.45, 2.75) is 11.1 Å². The van der Waals surface area contributed by atoms with Crippen LogP contribution in [0.25, 0.3) is 0 Å². The van der Waals surface area contributed by atoms with Crippen molar-refractivity contribution in [3.8, 4) is 0 Å². The lowest BCUT2D eigenvalue weighted by atomic mass is 10.3. The van der Waals surface area contributed by atoms with E-state index in [1.165, 1.54) is 0 Å². The molecule has 1 aromatic rings. The summed E-state index contributed by atoms with van der Waals surface area (Å²) in [5.41, 5.74) is 0. The van der Waals surface area contributed by atoms with Crippen molar-refractivity contribution in [3.05, 3.63) is 17.9 Å². The van der Waals surface area contributed by atoms with Gasteiger partial charge in [0, 0.05) is 0 Å². The summed E-state index contributed by atoms with van der Waals surface area (Å²) in [5, 5.41) is 8.17. The molecular weight excluding hydrogens is 238 g/mol. The molecule has 1 saturated heterocycles. The highest BCUT2D eigenvalue weighted by atomic mass is 32.2. The summed E-state index contributed by atoms with van der Waals surface area (Å²) in [6.45, 7) is 0.622. The fraction of sp³-hybridized carbons (Fsp3) is 0.375. The van der Waals surface area contributed by atoms with Gasteiger partial charge in [0.2, 0.25) is 10.9 Å². The van der Waals surface area contributed by atoms with Gasteiger partial charge in [0.1, 0.15) is 0 Å². The second-order valence-corrected chi connectivity index (χ2v) is 4.92. The number of ether oxygens (including phenoxy) is 1. The van der Waals surface area contributed by atoms with E-state index in [4.69, 9.17) is 9.84 Å². The maximum atomic E-state index is 11.6. The number of carboxylic acids is 1. The standard InChI is InChI=1S/C8H9NO6S/c10-8(11)6-1-2-7(15-6)16(12,13)9-5-3-14-4-5/h1-2,5,9H,3-4H2,(H,10,11). The highest BCUT2D eigenvalue weighted by Gasteiger charge is 2.28. The Kier molecular flexibility index (Phi) is 2.70. The molecule has 1 aliphatic heterocycles. The summed E-state index contributed by atoms with van der Waals surface area (Å²) < 4.78 is 35.1. The first-order valence-corrected chi connectivity index (χ1v) is 5.90. The second-order valence-electron chi connectivity index (χ2n) is 3.28. The fourth-order valence-electron chi connectivity index (χ4n) is 1.16. The number of aromatic carboxylic acids is 1. The van der Waals surface area contributed by atoms with E-state index in [9.17, 15) is 13.2 Å². The fourth-order valence-corrected chi connectivity index (χ4v) is 2.30. The Balaban J connectivity index is 2.17. The highest BCUT2D eigenvalue weighted by molar-refractivity contribution is 7.89. The Morgan fingerprint density at radius 3 is 2.56 bits per heavy atom. The van der Waals surface area contributed by atoms with Crippen LogP contribution in [0.5, 0.6) is 0 Å². The molecule has 0 amide bonds. The SMILES string of the molecule is O=C(O)c1ccc(S(=O)(=O)NC2COC2)o1. The smallest absolute Gasteiger partial charge is 0.371 e. The van der Waals surface area contributed by atoms with Gasteiger partial charge in [0.25, 0.3) is 10.0 Å². The molecule has 8 heteroatoms. The number of carboxylic acid groups (broad SMARTS) is 1. The molecule has 2 heterocycles. The molecule has 0 aliphatic carbocycles. The van der Waals surface area contributed by atoms with Gasteiger partial charge in [-0.05, 0) is 12.1 Å². The van der Waals surface area contributed by atoms with E-state index < -0.39 is 26.8 Å². The molecule has 0 unspecified atom stereocenters. The molecule has 0 radical (unpaired) electrons. The van der Waals surface area contributed by atoms with Crippen molar-refractivity contribution >= 4 is 16.0 Å². The van der Waals surface area contributed by atoms with Gasteiger partial charge in [-0.15, -0.1) is 0 Å². The van der Waals surface area contributed by atoms with Crippen LogP contribution >= 0.6 is 0 Å². The lowest BCUT2D eigenvalue weighted by Crippen LogP contribution is -2.48. The van der Waals surface area contributed by atoms with E-state index in [1.54, 1.807) is 0 Å². The third kappa shape index (κ3) is 2.08. The average molecular weight is 247 g/mol. The number of rotatable bonds is 4. The summed E-state index contributed by atoms with van der Waals surface area (Å²) in [6.07, 6.45) is 0. The number of carbonyl (C=O) groups is 1. The molecule has 1 fully saturated rings. The lowest BCUT2D eigenvalue weighted by molar-refractivity contribution is 0.00466. The highest BCUT2D eigenvalue weighted by Crippen LogP contribution is 2.15. The monoisotopic (exact) mass is 247 g/mol. The van der Waals surface area contributed by atoms with Gasteiger partial charge in [-0.25, -0.2) is 17.9 Å². The van der Waals surface area contributed by atoms with E-state index in [2.05, 4.69) is 9.14 Å². The van der Waals surface area contributed by atoms with Crippen molar-refractivity contribution in [1.29, 1.82) is 0 Å². The van der Waals surface area contributed by atoms with E-state index in [0.29, 0.717) is 13.2 Å². The van der Waals surface area contributed by atoms with Gasteiger partial charge >= 0.3 is 5.97 Å². The van der Waals surface area contributed by atoms with Crippen LogP contribution in [0.2, 0.25) is 0 Å². The van der Waals surface area contributed by atoms with Gasteiger partial charge in [0.15, 0.2) is 0 Å². The molecular formula is C8H9NO6S. The molecule has 1 aromatic heterocycles. The predicted octanol–water partition coefficient (Wildman–Crippen LogP) is -0.345. The van der Waals surface area contributed by atoms with Crippen molar-refractivity contribution in [1.82, 2.24) is 4.72 Å². The first kappa shape index (κ1) is 11.1. The summed E-state index contributed by atoms with van der Waals surface area (Å²) in [7, 11) is -3.79. The minimum atomic E-state index is -3.79. The van der Waals surface area contributed by atoms with Crippen LogP contribution in [-0.2, 0) is 14.8 Å². The zero-order chi connectivity index (χ0) is 11.8. The van der Waals surface area contributed by atoms with Crippen LogP contribution in [0.15, 0.2) is 21.6 Å². The molecule has 88 valence electrons. The molecule has 0 spiro atoms. The summed E-state index contributed by atoms with van der Waals surface area (Å²) in [4.78, 5) is 10.5. The first-order valence-electron chi connectivity index (χ1n) is 4.42. The predicted molar refractivity (Wildman–Crippen MR) is 50.6 cm³/mol. The van der Waals surface area contributed by atoms with Gasteiger partial charge in [0.05, 0.1) is 19.3 Å². The van der Waals surface area contributed by atoms with E-state index in [1.807, 2.05) is 0 Å². The first-order chi connectivity index (χ1) is 7.49. The molecule has 0 saturated carbocycles. The van der Waals surface area contributed by atoms with Crippen molar-refractivity contribution in [3.63, 3.8) is 0 Å². The van der Waals surface area contributed by atoms with Crippen LogP contribution in [0.1, 0.15) is 10.6 Å². The van der Waals surface area contributed by atoms with Gasteiger partial charge < -0.3 is 14.3 Å². The molecule has 16 heavy (non-hydrogen) atoms. The zero-order valence-corrected chi connectivity index (χ0v) is 8.86. The maximum Gasteiger partial charge on any atom is 0.371 e. The molecule has 0 aromatic carbocycles. The molecule has 7 nitrogen and oxygen atoms in total. The molecule has 0 atom stereocenters. The summed E-state index contributed by atoms with van der Waals surface area (Å²) in [6, 6.07) is 1.92. The lowest BCUT2D eigenvalue weighted by Gasteiger charge is -2.25. The summed E-state index contributed by atoms with van der Waals surface area (Å²) >= 11 is 0. The van der Waals surface area contributed by atoms with Crippen LogP contribution in [0, 0.1) is 0 Å². The summed E-state index contributed by atoms with van der Waals surface area (Å²) in [5.74, 6) is -1.72. The van der Waals surface area contributed by atoms with Gasteiger partial charge in [-0.3, -0.25) is 0 Å². The van der Waals surface area contributed by atoms with Crippen LogP contribution < -0.4 is 4.72 Å². The number of nitrogens with one attached hydrogen (secondary N) is 1. The van der Waals surface area contributed by atoms with Crippen LogP contribution in [0.3, 0.4) is 0 Å². The number of hydrogen-bond acceptors (Lipinski definition) is 5. The molecule has 2 rings (SSSR count). The Labute approximate surface area is 91.1 Å². The minimum Gasteiger partial charge on any atom is -0.475 e. The quantitative estimate of drug-likeness (QED) is 0.753. The minimum absolute atomic E-state index is 0.275. The number of furan rings is 1. The largest absolute Gasteiger partial charge is 0.475 e. The van der Waals surface area contributed by atoms with Crippen molar-refractivity contribution in [2.24, 2.45) is 0 Å². The van der Waals surface area contributed by atoms with E-state index in [-0.39, 0.29) is 6.04 Å². The van der Waals surface area contributed by atoms with Crippen molar-refractivity contribution < 1.29 is 27.5 Å². The van der Waals surface area contributed by atoms with Crippen LogP contribution in [-0.4, -0.2) is 38.7 Å². The molecule has 2 N–H and O–H groups in total. The molecule has 1 aliphatic rings. The average Bonchev–Trinajstić information content (AvgIpc) is 2.61. The number of hydrogen-bond donors (Lipinski definition) is 2. The second kappa shape index (κ2) is 3.89. The van der Waals surface area contributed by atoms with Crippen molar-refractivity contribution in [2.75, 3.05) is 13.2 Å². The Morgan fingerprint density at radius 1 is 1.44 bits per heavy atom. The Bertz CT molecular complexity index is 500. The normalized spacial score (nSPS) is 17.0. The Hall–Kier alpha value is -1.38. The van der Waals surface area contributed by atoms with Crippen LogP contribution in [0.4, 0.5) is 0 Å². The Morgan fingerprint density at radius 2 is 2.12 bits per heavy atom.